The van der Waals surface area contributed by atoms with Gasteiger partial charge in [0.15, 0.2) is 0 Å². The fourth-order valence-corrected chi connectivity index (χ4v) is 1.86. The predicted molar refractivity (Wildman–Crippen MR) is 56.5 cm³/mol. The molecule has 0 saturated carbocycles. The van der Waals surface area contributed by atoms with Crippen LogP contribution in [-0.2, 0) is 0 Å². The summed E-state index contributed by atoms with van der Waals surface area (Å²) in [6, 6.07) is 1.95. The number of nitrogens with zero attached hydrogens (tertiary/aromatic N) is 1. The van der Waals surface area contributed by atoms with E-state index in [9.17, 15) is 4.79 Å². The molecule has 1 aliphatic heterocycles. The van der Waals surface area contributed by atoms with Crippen molar-refractivity contribution >= 4 is 5.91 Å². The minimum atomic E-state index is -0.0637. The van der Waals surface area contributed by atoms with Crippen molar-refractivity contribution in [3.63, 3.8) is 0 Å². The first-order valence-electron chi connectivity index (χ1n) is 5.28. The van der Waals surface area contributed by atoms with Gasteiger partial charge in [0.2, 0.25) is 0 Å². The van der Waals surface area contributed by atoms with Crippen LogP contribution in [0.2, 0.25) is 0 Å². The molecule has 0 aliphatic carbocycles. The van der Waals surface area contributed by atoms with Crippen molar-refractivity contribution in [2.24, 2.45) is 5.92 Å². The number of rotatable bonds is 2. The number of aromatic nitrogens is 2. The quantitative estimate of drug-likeness (QED) is 0.647. The highest BCUT2D eigenvalue weighted by molar-refractivity contribution is 5.92. The summed E-state index contributed by atoms with van der Waals surface area (Å²) in [5.41, 5.74) is 0.528. The molecular weight excluding hydrogens is 192 g/mol. The summed E-state index contributed by atoms with van der Waals surface area (Å²) in [6.07, 6.45) is 2.57. The molecule has 0 aromatic carbocycles. The van der Waals surface area contributed by atoms with Gasteiger partial charge in [-0.15, -0.1) is 0 Å². The average molecular weight is 208 g/mol. The monoisotopic (exact) mass is 208 g/mol. The third-order valence-corrected chi connectivity index (χ3v) is 2.85. The van der Waals surface area contributed by atoms with Crippen LogP contribution >= 0.6 is 0 Å². The Hall–Kier alpha value is -1.36. The second-order valence-corrected chi connectivity index (χ2v) is 4.02. The third-order valence-electron chi connectivity index (χ3n) is 2.85. The molecule has 5 heteroatoms. The summed E-state index contributed by atoms with van der Waals surface area (Å²) in [7, 11) is 0. The first-order valence-corrected chi connectivity index (χ1v) is 5.28. The van der Waals surface area contributed by atoms with E-state index in [0.29, 0.717) is 11.6 Å². The van der Waals surface area contributed by atoms with Crippen LogP contribution in [0.1, 0.15) is 23.8 Å². The fourth-order valence-electron chi connectivity index (χ4n) is 1.86. The molecular formula is C10H16N4O. The number of piperidine rings is 1. The van der Waals surface area contributed by atoms with E-state index in [-0.39, 0.29) is 11.9 Å². The molecule has 82 valence electrons. The van der Waals surface area contributed by atoms with Crippen molar-refractivity contribution in [3.8, 4) is 0 Å². The Morgan fingerprint density at radius 2 is 2.53 bits per heavy atom. The van der Waals surface area contributed by atoms with E-state index in [2.05, 4.69) is 27.8 Å². The molecule has 2 unspecified atom stereocenters. The zero-order chi connectivity index (χ0) is 10.7. The summed E-state index contributed by atoms with van der Waals surface area (Å²) in [5.74, 6) is 0.414. The molecule has 2 atom stereocenters. The first-order chi connectivity index (χ1) is 7.27. The van der Waals surface area contributed by atoms with Crippen LogP contribution < -0.4 is 10.6 Å². The number of nitrogens with one attached hydrogen (secondary N) is 3. The van der Waals surface area contributed by atoms with Crippen molar-refractivity contribution in [1.29, 1.82) is 0 Å². The Bertz CT molecular complexity index is 322. The van der Waals surface area contributed by atoms with Gasteiger partial charge in [0.25, 0.3) is 5.91 Å². The van der Waals surface area contributed by atoms with Crippen LogP contribution in [0.15, 0.2) is 12.3 Å². The number of hydrogen-bond donors (Lipinski definition) is 3. The highest BCUT2D eigenvalue weighted by Gasteiger charge is 2.23. The van der Waals surface area contributed by atoms with Crippen molar-refractivity contribution in [2.75, 3.05) is 13.1 Å². The molecule has 1 aromatic heterocycles. The standard InChI is InChI=1S/C10H16N4O/c1-7-6-11-4-2-8(7)13-10(15)9-3-5-12-14-9/h3,5,7-8,11H,2,4,6H2,1H3,(H,12,14)(H,13,15). The number of carbonyl (C=O) groups is 1. The molecule has 3 N–H and O–H groups in total. The molecule has 1 saturated heterocycles. The van der Waals surface area contributed by atoms with Crippen LogP contribution in [0.25, 0.3) is 0 Å². The smallest absolute Gasteiger partial charge is 0.269 e. The largest absolute Gasteiger partial charge is 0.348 e. The van der Waals surface area contributed by atoms with Gasteiger partial charge in [0.1, 0.15) is 5.69 Å². The SMILES string of the molecule is CC1CNCCC1NC(=O)c1ccn[nH]1. The predicted octanol–water partition coefficient (Wildman–Crippen LogP) is 0.137. The number of amides is 1. The molecule has 2 rings (SSSR count). The lowest BCUT2D eigenvalue weighted by Gasteiger charge is -2.29. The highest BCUT2D eigenvalue weighted by Crippen LogP contribution is 2.10. The zero-order valence-corrected chi connectivity index (χ0v) is 8.79. The second-order valence-electron chi connectivity index (χ2n) is 4.02. The maximum absolute atomic E-state index is 11.7. The lowest BCUT2D eigenvalue weighted by molar-refractivity contribution is 0.0909. The van der Waals surface area contributed by atoms with Gasteiger partial charge in [-0.1, -0.05) is 6.92 Å². The van der Waals surface area contributed by atoms with Gasteiger partial charge in [-0.25, -0.2) is 0 Å². The van der Waals surface area contributed by atoms with Crippen molar-refractivity contribution in [1.82, 2.24) is 20.8 Å². The Balaban J connectivity index is 1.93. The lowest BCUT2D eigenvalue weighted by atomic mass is 9.95. The van der Waals surface area contributed by atoms with Crippen LogP contribution in [-0.4, -0.2) is 35.2 Å². The van der Waals surface area contributed by atoms with Crippen molar-refractivity contribution in [2.45, 2.75) is 19.4 Å². The summed E-state index contributed by atoms with van der Waals surface area (Å²) >= 11 is 0. The molecule has 1 amide bonds. The second kappa shape index (κ2) is 4.44. The van der Waals surface area contributed by atoms with Crippen LogP contribution in [0.5, 0.6) is 0 Å². The van der Waals surface area contributed by atoms with Crippen molar-refractivity contribution < 1.29 is 4.79 Å². The van der Waals surface area contributed by atoms with E-state index >= 15 is 0 Å². The molecule has 1 aliphatic rings. The zero-order valence-electron chi connectivity index (χ0n) is 8.79. The van der Waals surface area contributed by atoms with E-state index in [1.807, 2.05) is 0 Å². The molecule has 0 spiro atoms. The molecule has 1 aromatic rings. The van der Waals surface area contributed by atoms with Crippen LogP contribution in [0.4, 0.5) is 0 Å². The topological polar surface area (TPSA) is 69.8 Å². The molecule has 0 bridgehead atoms. The van der Waals surface area contributed by atoms with Gasteiger partial charge in [-0.3, -0.25) is 9.89 Å². The van der Waals surface area contributed by atoms with E-state index in [4.69, 9.17) is 0 Å². The van der Waals surface area contributed by atoms with Gasteiger partial charge in [0.05, 0.1) is 0 Å². The summed E-state index contributed by atoms with van der Waals surface area (Å²) in [5, 5.41) is 12.7. The Kier molecular flexibility index (Phi) is 3.01. The number of hydrogen-bond acceptors (Lipinski definition) is 3. The Morgan fingerprint density at radius 1 is 1.67 bits per heavy atom. The normalized spacial score (nSPS) is 26.2. The van der Waals surface area contributed by atoms with E-state index in [0.717, 1.165) is 19.5 Å². The average Bonchev–Trinajstić information content (AvgIpc) is 2.74. The first kappa shape index (κ1) is 10.2. The van der Waals surface area contributed by atoms with Crippen molar-refractivity contribution in [3.05, 3.63) is 18.0 Å². The molecule has 0 radical (unpaired) electrons. The maximum atomic E-state index is 11.7. The van der Waals surface area contributed by atoms with Crippen LogP contribution in [0, 0.1) is 5.92 Å². The van der Waals surface area contributed by atoms with Gasteiger partial charge >= 0.3 is 0 Å². The van der Waals surface area contributed by atoms with E-state index in [1.165, 1.54) is 0 Å². The minimum absolute atomic E-state index is 0.0637. The molecule has 1 fully saturated rings. The van der Waals surface area contributed by atoms with Crippen LogP contribution in [0.3, 0.4) is 0 Å². The van der Waals surface area contributed by atoms with E-state index in [1.54, 1.807) is 12.3 Å². The summed E-state index contributed by atoms with van der Waals surface area (Å²) < 4.78 is 0. The molecule has 2 heterocycles. The maximum Gasteiger partial charge on any atom is 0.269 e. The third kappa shape index (κ3) is 2.36. The number of carbonyl (C=O) groups excluding carboxylic acids is 1. The Morgan fingerprint density at radius 3 is 3.20 bits per heavy atom. The molecule has 15 heavy (non-hydrogen) atoms. The van der Waals surface area contributed by atoms with E-state index < -0.39 is 0 Å². The minimum Gasteiger partial charge on any atom is -0.348 e. The van der Waals surface area contributed by atoms with Gasteiger partial charge in [-0.2, -0.15) is 5.10 Å². The summed E-state index contributed by atoms with van der Waals surface area (Å²) in [4.78, 5) is 11.7. The number of H-pyrrole nitrogens is 1. The molecule has 5 nitrogen and oxygen atoms in total. The lowest BCUT2D eigenvalue weighted by Crippen LogP contribution is -2.48. The Labute approximate surface area is 88.6 Å². The van der Waals surface area contributed by atoms with Gasteiger partial charge < -0.3 is 10.6 Å². The summed E-state index contributed by atoms with van der Waals surface area (Å²) in [6.45, 7) is 4.08. The number of aromatic amines is 1. The van der Waals surface area contributed by atoms with Gasteiger partial charge in [0, 0.05) is 12.2 Å². The van der Waals surface area contributed by atoms with Gasteiger partial charge in [-0.05, 0) is 31.5 Å². The fraction of sp³-hybridized carbons (Fsp3) is 0.600. The highest BCUT2D eigenvalue weighted by atomic mass is 16.2.